The van der Waals surface area contributed by atoms with Crippen molar-refractivity contribution in [2.75, 3.05) is 0 Å². The van der Waals surface area contributed by atoms with E-state index in [4.69, 9.17) is 9.30 Å². The minimum atomic E-state index is -2.82. The van der Waals surface area contributed by atoms with Crippen LogP contribution >= 0.6 is 15.8 Å². The summed E-state index contributed by atoms with van der Waals surface area (Å²) in [5.74, 6) is -13.7. The van der Waals surface area contributed by atoms with Gasteiger partial charge in [-0.25, -0.2) is 52.7 Å². The summed E-state index contributed by atoms with van der Waals surface area (Å²) in [6.07, 6.45) is 0. The predicted molar refractivity (Wildman–Crippen MR) is 178 cm³/mol. The maximum Gasteiger partial charge on any atom is 0 e. The quantitative estimate of drug-likeness (QED) is 0.0530. The summed E-state index contributed by atoms with van der Waals surface area (Å²) in [6.45, 7) is 9.00. The molecule has 285 valence electrons. The Morgan fingerprint density at radius 2 is 0.345 bits per heavy atom. The van der Waals surface area contributed by atoms with Crippen molar-refractivity contribution in [1.29, 1.82) is 0 Å². The molecule has 0 fully saturated rings. The zero-order valence-corrected chi connectivity index (χ0v) is 30.4. The summed E-state index contributed by atoms with van der Waals surface area (Å²) in [7, 11) is -5.64. The molecule has 2 nitrogen and oxygen atoms in total. The molecule has 0 aliphatic rings. The Kier molecular flexibility index (Phi) is 18.2. The molecule has 6 rings (SSSR count). The van der Waals surface area contributed by atoms with Crippen LogP contribution in [0.2, 0.25) is 0 Å². The van der Waals surface area contributed by atoms with E-state index in [2.05, 4.69) is 13.3 Å². The van der Waals surface area contributed by atoms with E-state index in [1.807, 2.05) is 0 Å². The van der Waals surface area contributed by atoms with Gasteiger partial charge in [0.25, 0.3) is 0 Å². The largest absolute Gasteiger partial charge is 0 e. The van der Waals surface area contributed by atoms with Gasteiger partial charge in [0.05, 0.1) is 31.8 Å². The molecule has 0 heterocycles. The summed E-state index contributed by atoms with van der Waals surface area (Å²) in [4.78, 5) is 0. The molecule has 0 unspecified atom stereocenters. The molecule has 6 aromatic carbocycles. The van der Waals surface area contributed by atoms with Crippen LogP contribution < -0.4 is 31.8 Å². The van der Waals surface area contributed by atoms with E-state index < -0.39 is 117 Å². The molecule has 0 N–H and O–H groups in total. The van der Waals surface area contributed by atoms with Crippen molar-refractivity contribution in [1.82, 2.24) is 0 Å². The third-order valence-electron chi connectivity index (χ3n) is 6.97. The van der Waals surface area contributed by atoms with E-state index in [1.54, 1.807) is 0 Å². The van der Waals surface area contributed by atoms with Crippen LogP contribution in [0.15, 0.2) is 109 Å². The van der Waals surface area contributed by atoms with Gasteiger partial charge in [0.2, 0.25) is 0 Å². The fourth-order valence-electron chi connectivity index (χ4n) is 4.89. The van der Waals surface area contributed by atoms with E-state index in [1.165, 1.54) is 0 Å². The zero-order chi connectivity index (χ0) is 40.3. The fourth-order valence-corrected chi connectivity index (χ4v) is 9.69. The Hall–Kier alpha value is -4.56. The van der Waals surface area contributed by atoms with Gasteiger partial charge in [-0.15, -0.1) is 0 Å². The smallest absolute Gasteiger partial charge is 0 e. The van der Waals surface area contributed by atoms with Crippen LogP contribution in [0.4, 0.5) is 52.7 Å². The van der Waals surface area contributed by atoms with Crippen molar-refractivity contribution >= 4 is 47.7 Å². The van der Waals surface area contributed by atoms with Gasteiger partial charge in [-0.1, -0.05) is 36.4 Å². The van der Waals surface area contributed by atoms with Crippen LogP contribution in [0.3, 0.4) is 0 Å². The molecule has 6 aromatic rings. The molecular formula is C38H18F12O2P2Rh. The first-order chi connectivity index (χ1) is 25.8. The van der Waals surface area contributed by atoms with E-state index in [0.29, 0.717) is 0 Å². The van der Waals surface area contributed by atoms with Crippen LogP contribution in [-0.4, -0.2) is 0 Å². The summed E-state index contributed by atoms with van der Waals surface area (Å²) in [5.41, 5.74) is 0. The van der Waals surface area contributed by atoms with Gasteiger partial charge in [-0.2, -0.15) is 0 Å². The van der Waals surface area contributed by atoms with Gasteiger partial charge in [-0.3, -0.25) is 0 Å². The van der Waals surface area contributed by atoms with E-state index in [9.17, 15) is 52.7 Å². The Labute approximate surface area is 320 Å². The van der Waals surface area contributed by atoms with Gasteiger partial charge in [0.15, 0.2) is 0 Å². The first kappa shape index (κ1) is 46.6. The molecule has 0 amide bonds. The molecule has 17 heteroatoms. The summed E-state index contributed by atoms with van der Waals surface area (Å²) in [5, 5.41) is -4.64. The second-order valence-electron chi connectivity index (χ2n) is 10.1. The normalized spacial score (nSPS) is 10.2. The topological polar surface area (TPSA) is 39.8 Å². The number of benzene rings is 6. The minimum Gasteiger partial charge on any atom is 0 e. The molecule has 0 saturated heterocycles. The summed E-state index contributed by atoms with van der Waals surface area (Å²) < 4.78 is 186. The van der Waals surface area contributed by atoms with Gasteiger partial charge < -0.3 is 0 Å². The Morgan fingerprint density at radius 3 is 0.436 bits per heavy atom. The van der Waals surface area contributed by atoms with Crippen LogP contribution in [0.25, 0.3) is 0 Å². The maximum absolute atomic E-state index is 14.3. The summed E-state index contributed by atoms with van der Waals surface area (Å²) >= 11 is 0. The third-order valence-corrected chi connectivity index (χ3v) is 12.2. The van der Waals surface area contributed by atoms with Crippen LogP contribution in [0.1, 0.15) is 0 Å². The molecule has 0 bridgehead atoms. The number of hydrogen-bond acceptors (Lipinski definition) is 0. The zero-order valence-electron chi connectivity index (χ0n) is 27.0. The van der Waals surface area contributed by atoms with Crippen molar-refractivity contribution in [3.63, 3.8) is 0 Å². The minimum absolute atomic E-state index is 0. The molecule has 0 aliphatic heterocycles. The molecule has 0 atom stereocenters. The number of rotatable bonds is 6. The molecule has 0 spiro atoms. The SMILES string of the molecule is Fc1cccc(F)c1P(c1c(F)cccc1F)c1c(F)cccc1F.Fc1cccc(F)c1P(c1c(F)cccc1F)c1c(F)cccc1F.[C-]#[O+].[C-]#[O+].[Rh]. The van der Waals surface area contributed by atoms with Crippen molar-refractivity contribution in [2.45, 2.75) is 0 Å². The molecule has 0 aliphatic carbocycles. The number of halogens is 12. The predicted octanol–water partition coefficient (Wildman–Crippen LogP) is 8.48. The van der Waals surface area contributed by atoms with E-state index >= 15 is 0 Å². The maximum atomic E-state index is 14.3. The fraction of sp³-hybridized carbons (Fsp3) is 0. The standard InChI is InChI=1S/2C18H9F6P.2CO.Rh/c2*19-10-4-1-5-11(20)16(10)25(17-12(21)6-2-7-13(17)22)18-14(23)8-3-9-15(18)24;2*1-2;/h2*1-9H;;;. The number of hydrogen-bond donors (Lipinski definition) is 0. The third kappa shape index (κ3) is 10.4. The van der Waals surface area contributed by atoms with Gasteiger partial charge in [0, 0.05) is 35.3 Å². The van der Waals surface area contributed by atoms with Crippen molar-refractivity contribution in [3.05, 3.63) is 192 Å². The average Bonchev–Trinajstić information content (AvgIpc) is 3.13. The Bertz CT molecular complexity index is 1780. The average molecular weight is 899 g/mol. The van der Waals surface area contributed by atoms with Crippen molar-refractivity contribution < 1.29 is 81.5 Å². The second-order valence-corrected chi connectivity index (χ2v) is 14.1. The molecule has 1 radical (unpaired) electrons. The van der Waals surface area contributed by atoms with Crippen molar-refractivity contribution in [3.8, 4) is 0 Å². The summed E-state index contributed by atoms with van der Waals surface area (Å²) in [6, 6.07) is 16.7. The van der Waals surface area contributed by atoms with Gasteiger partial charge in [0.1, 0.15) is 69.8 Å². The molecule has 0 saturated carbocycles. The Balaban J connectivity index is 0.000000343. The second kappa shape index (κ2) is 21.5. The van der Waals surface area contributed by atoms with Gasteiger partial charge in [-0.05, 0) is 72.8 Å². The van der Waals surface area contributed by atoms with E-state index in [-0.39, 0.29) is 19.5 Å². The molecule has 0 aromatic heterocycles. The first-order valence-corrected chi connectivity index (χ1v) is 17.2. The first-order valence-electron chi connectivity index (χ1n) is 14.5. The van der Waals surface area contributed by atoms with E-state index in [0.717, 1.165) is 109 Å². The van der Waals surface area contributed by atoms with Gasteiger partial charge >= 0.3 is 22.6 Å². The van der Waals surface area contributed by atoms with Crippen molar-refractivity contribution in [2.24, 2.45) is 0 Å². The van der Waals surface area contributed by atoms with Crippen LogP contribution in [0.5, 0.6) is 0 Å². The molecular weight excluding hydrogens is 881 g/mol. The Morgan fingerprint density at radius 1 is 0.255 bits per heavy atom. The monoisotopic (exact) mass is 899 g/mol. The molecule has 55 heavy (non-hydrogen) atoms. The van der Waals surface area contributed by atoms with Crippen LogP contribution in [-0.2, 0) is 28.8 Å². The van der Waals surface area contributed by atoms with Crippen LogP contribution in [0, 0.1) is 83.1 Å².